The molecule has 0 saturated carbocycles. The summed E-state index contributed by atoms with van der Waals surface area (Å²) >= 11 is 0. The molecule has 0 spiro atoms. The van der Waals surface area contributed by atoms with Gasteiger partial charge in [-0.1, -0.05) is 20.3 Å². The Kier molecular flexibility index (Phi) is 15.3. The van der Waals surface area contributed by atoms with Crippen molar-refractivity contribution in [3.63, 3.8) is 0 Å². The van der Waals surface area contributed by atoms with E-state index < -0.39 is 14.2 Å². The monoisotopic (exact) mass is 448 g/mol. The molecule has 30 heavy (non-hydrogen) atoms. The molecule has 7 nitrogen and oxygen atoms in total. The summed E-state index contributed by atoms with van der Waals surface area (Å²) in [5.74, 6) is -0.843. The van der Waals surface area contributed by atoms with Crippen molar-refractivity contribution in [3.8, 4) is 0 Å². The molecule has 0 aromatic carbocycles. The standard InChI is InChI=1S/C22H44O7Si/c1-8-13-15-25-20(23)19(9-2)18-22(6,7)21(24)26-16-14-17-30(27-10-3,28-11-4)29-12-5/h19H,8-18H2,1-7H3. The molecule has 0 aromatic rings. The summed E-state index contributed by atoms with van der Waals surface area (Å²) in [5.41, 5.74) is -0.765. The first-order chi connectivity index (χ1) is 14.2. The van der Waals surface area contributed by atoms with Crippen LogP contribution in [0, 0.1) is 11.3 Å². The number of esters is 2. The van der Waals surface area contributed by atoms with Gasteiger partial charge in [-0.15, -0.1) is 0 Å². The fourth-order valence-corrected chi connectivity index (χ4v) is 5.76. The first-order valence-electron chi connectivity index (χ1n) is 11.5. The van der Waals surface area contributed by atoms with E-state index >= 15 is 0 Å². The van der Waals surface area contributed by atoms with Crippen LogP contribution in [0.3, 0.4) is 0 Å². The predicted molar refractivity (Wildman–Crippen MR) is 119 cm³/mol. The van der Waals surface area contributed by atoms with Gasteiger partial charge in [-0.2, -0.15) is 0 Å². The molecular formula is C22H44O7Si. The summed E-state index contributed by atoms with van der Waals surface area (Å²) < 4.78 is 28.3. The molecule has 178 valence electrons. The lowest BCUT2D eigenvalue weighted by molar-refractivity contribution is -0.158. The molecule has 0 aromatic heterocycles. The van der Waals surface area contributed by atoms with Crippen molar-refractivity contribution < 1.29 is 32.3 Å². The Balaban J connectivity index is 4.66. The zero-order valence-electron chi connectivity index (χ0n) is 20.2. The van der Waals surface area contributed by atoms with Crippen molar-refractivity contribution in [2.24, 2.45) is 11.3 Å². The van der Waals surface area contributed by atoms with Gasteiger partial charge in [0.15, 0.2) is 0 Å². The van der Waals surface area contributed by atoms with E-state index in [0.29, 0.717) is 51.7 Å². The number of carbonyl (C=O) groups is 2. The highest BCUT2D eigenvalue weighted by molar-refractivity contribution is 6.60. The predicted octanol–water partition coefficient (Wildman–Crippen LogP) is 4.75. The summed E-state index contributed by atoms with van der Waals surface area (Å²) in [6, 6.07) is 0.595. The first kappa shape index (κ1) is 29.0. The van der Waals surface area contributed by atoms with Crippen LogP contribution in [0.4, 0.5) is 0 Å². The number of rotatable bonds is 18. The normalized spacial score (nSPS) is 13.2. The van der Waals surface area contributed by atoms with Crippen LogP contribution >= 0.6 is 0 Å². The Labute approximate surface area is 184 Å². The van der Waals surface area contributed by atoms with Crippen molar-refractivity contribution in [3.05, 3.63) is 0 Å². The zero-order chi connectivity index (χ0) is 23.0. The molecule has 1 unspecified atom stereocenters. The number of hydrogen-bond acceptors (Lipinski definition) is 7. The maximum absolute atomic E-state index is 12.6. The van der Waals surface area contributed by atoms with E-state index in [1.54, 1.807) is 0 Å². The maximum Gasteiger partial charge on any atom is 0.501 e. The zero-order valence-corrected chi connectivity index (χ0v) is 21.2. The largest absolute Gasteiger partial charge is 0.501 e. The Morgan fingerprint density at radius 2 is 1.37 bits per heavy atom. The molecule has 0 heterocycles. The minimum Gasteiger partial charge on any atom is -0.465 e. The number of unbranched alkanes of at least 4 members (excludes halogenated alkanes) is 1. The molecular weight excluding hydrogens is 404 g/mol. The van der Waals surface area contributed by atoms with Crippen molar-refractivity contribution in [1.82, 2.24) is 0 Å². The molecule has 0 bridgehead atoms. The van der Waals surface area contributed by atoms with Gasteiger partial charge >= 0.3 is 20.7 Å². The second kappa shape index (κ2) is 15.8. The van der Waals surface area contributed by atoms with E-state index in [2.05, 4.69) is 0 Å². The average Bonchev–Trinajstić information content (AvgIpc) is 2.70. The molecule has 0 aliphatic heterocycles. The van der Waals surface area contributed by atoms with Crippen LogP contribution in [0.2, 0.25) is 6.04 Å². The average molecular weight is 449 g/mol. The minimum absolute atomic E-state index is 0.229. The quantitative estimate of drug-likeness (QED) is 0.170. The van der Waals surface area contributed by atoms with Gasteiger partial charge in [0.1, 0.15) is 0 Å². The lowest BCUT2D eigenvalue weighted by Gasteiger charge is -2.29. The fraction of sp³-hybridized carbons (Fsp3) is 0.909. The molecule has 0 aliphatic carbocycles. The number of ether oxygens (including phenoxy) is 2. The lowest BCUT2D eigenvalue weighted by atomic mass is 9.81. The Morgan fingerprint density at radius 1 is 0.833 bits per heavy atom. The Morgan fingerprint density at radius 3 is 1.83 bits per heavy atom. The van der Waals surface area contributed by atoms with Crippen LogP contribution in [0.1, 0.15) is 80.6 Å². The molecule has 0 fully saturated rings. The maximum atomic E-state index is 12.6. The van der Waals surface area contributed by atoms with E-state index in [1.165, 1.54) is 0 Å². The van der Waals surface area contributed by atoms with Gasteiger partial charge in [0.05, 0.1) is 24.5 Å². The van der Waals surface area contributed by atoms with E-state index in [0.717, 1.165) is 12.8 Å². The second-order valence-electron chi connectivity index (χ2n) is 7.94. The van der Waals surface area contributed by atoms with E-state index in [9.17, 15) is 9.59 Å². The van der Waals surface area contributed by atoms with E-state index in [1.807, 2.05) is 48.5 Å². The van der Waals surface area contributed by atoms with Gasteiger partial charge in [-0.3, -0.25) is 9.59 Å². The highest BCUT2D eigenvalue weighted by Crippen LogP contribution is 2.30. The highest BCUT2D eigenvalue weighted by atomic mass is 28.4. The first-order valence-corrected chi connectivity index (χ1v) is 13.4. The summed E-state index contributed by atoms with van der Waals surface area (Å²) in [4.78, 5) is 24.9. The number of carbonyl (C=O) groups excluding carboxylic acids is 2. The third-order valence-corrected chi connectivity index (χ3v) is 7.98. The molecule has 0 rings (SSSR count). The number of hydrogen-bond donors (Lipinski definition) is 0. The topological polar surface area (TPSA) is 80.3 Å². The highest BCUT2D eigenvalue weighted by Gasteiger charge is 2.40. The Hall–Kier alpha value is -0.963. The van der Waals surface area contributed by atoms with Crippen molar-refractivity contribution in [1.29, 1.82) is 0 Å². The van der Waals surface area contributed by atoms with Gasteiger partial charge in [-0.25, -0.2) is 0 Å². The third kappa shape index (κ3) is 10.9. The van der Waals surface area contributed by atoms with E-state index in [4.69, 9.17) is 22.8 Å². The van der Waals surface area contributed by atoms with Gasteiger partial charge < -0.3 is 22.8 Å². The SMILES string of the molecule is CCCCOC(=O)C(CC)CC(C)(C)C(=O)OCCC[Si](OCC)(OCC)OCC. The molecule has 0 saturated heterocycles. The fourth-order valence-electron chi connectivity index (χ4n) is 3.18. The van der Waals surface area contributed by atoms with Crippen LogP contribution in [-0.2, 0) is 32.3 Å². The molecule has 1 atom stereocenters. The Bertz CT molecular complexity index is 465. The molecule has 0 radical (unpaired) electrons. The van der Waals surface area contributed by atoms with Gasteiger partial charge in [0.2, 0.25) is 0 Å². The van der Waals surface area contributed by atoms with Gasteiger partial charge in [-0.05, 0) is 60.3 Å². The summed E-state index contributed by atoms with van der Waals surface area (Å²) in [7, 11) is -2.73. The van der Waals surface area contributed by atoms with Gasteiger partial charge in [0, 0.05) is 25.9 Å². The molecule has 0 amide bonds. The van der Waals surface area contributed by atoms with Crippen molar-refractivity contribution >= 4 is 20.7 Å². The lowest BCUT2D eigenvalue weighted by Crippen LogP contribution is -2.46. The van der Waals surface area contributed by atoms with E-state index in [-0.39, 0.29) is 24.5 Å². The third-order valence-electron chi connectivity index (χ3n) is 4.83. The van der Waals surface area contributed by atoms with Crippen LogP contribution in [0.15, 0.2) is 0 Å². The summed E-state index contributed by atoms with van der Waals surface area (Å²) in [6.45, 7) is 15.6. The molecule has 0 N–H and O–H groups in total. The smallest absolute Gasteiger partial charge is 0.465 e. The minimum atomic E-state index is -2.73. The van der Waals surface area contributed by atoms with Crippen molar-refractivity contribution in [2.75, 3.05) is 33.0 Å². The van der Waals surface area contributed by atoms with Gasteiger partial charge in [0.25, 0.3) is 0 Å². The molecule has 0 aliphatic rings. The molecule has 8 heteroatoms. The second-order valence-corrected chi connectivity index (χ2v) is 10.7. The van der Waals surface area contributed by atoms with Crippen molar-refractivity contribution in [2.45, 2.75) is 86.6 Å². The van der Waals surface area contributed by atoms with Crippen LogP contribution in [0.25, 0.3) is 0 Å². The summed E-state index contributed by atoms with van der Waals surface area (Å²) in [5, 5.41) is 0. The van der Waals surface area contributed by atoms with Crippen LogP contribution in [-0.4, -0.2) is 53.8 Å². The van der Waals surface area contributed by atoms with Crippen LogP contribution < -0.4 is 0 Å². The van der Waals surface area contributed by atoms with Crippen LogP contribution in [0.5, 0.6) is 0 Å². The summed E-state index contributed by atoms with van der Waals surface area (Å²) in [6.07, 6.45) is 3.46.